The van der Waals surface area contributed by atoms with Gasteiger partial charge >= 0.3 is 0 Å². The summed E-state index contributed by atoms with van der Waals surface area (Å²) in [6.45, 7) is 1.11. The molecule has 1 amide bonds. The fraction of sp³-hybridized carbons (Fsp3) is 0.583. The first-order valence-electron chi connectivity index (χ1n) is 6.37. The third-order valence-corrected chi connectivity index (χ3v) is 6.23. The Kier molecular flexibility index (Phi) is 5.42. The van der Waals surface area contributed by atoms with Gasteiger partial charge in [0.2, 0.25) is 5.91 Å². The normalized spacial score (nSPS) is 19.1. The van der Waals surface area contributed by atoms with E-state index in [0.717, 1.165) is 42.1 Å². The van der Waals surface area contributed by atoms with Crippen LogP contribution in [0.15, 0.2) is 16.3 Å². The van der Waals surface area contributed by atoms with Crippen LogP contribution in [-0.2, 0) is 25.1 Å². The highest BCUT2D eigenvalue weighted by Crippen LogP contribution is 2.24. The Morgan fingerprint density at radius 3 is 2.90 bits per heavy atom. The molecule has 1 fully saturated rings. The Morgan fingerprint density at radius 2 is 2.30 bits per heavy atom. The second-order valence-electron chi connectivity index (χ2n) is 4.61. The molecule has 1 aromatic heterocycles. The quantitative estimate of drug-likeness (QED) is 0.808. The van der Waals surface area contributed by atoms with Crippen LogP contribution >= 0.6 is 22.0 Å². The van der Waals surface area contributed by atoms with Crippen LogP contribution in [0.1, 0.15) is 30.6 Å². The Labute approximate surface area is 126 Å². The van der Waals surface area contributed by atoms with Crippen LogP contribution < -0.4 is 5.32 Å². The maximum Gasteiger partial charge on any atom is 0.270 e. The largest absolute Gasteiger partial charge is 0.378 e. The molecule has 1 unspecified atom stereocenters. The fourth-order valence-electron chi connectivity index (χ4n) is 2.02. The van der Waals surface area contributed by atoms with Gasteiger partial charge in [0.25, 0.3) is 9.05 Å². The molecule has 1 saturated heterocycles. The standard InChI is InChI=1S/C12H16ClNO4S2/c13-20(16,17)12-6-4-10(19-12)8-14-11(15)5-3-9-2-1-7-18-9/h4,6,9H,1-3,5,7-8H2,(H,14,15). The van der Waals surface area contributed by atoms with Gasteiger partial charge in [0.05, 0.1) is 12.6 Å². The molecule has 0 aromatic carbocycles. The van der Waals surface area contributed by atoms with E-state index in [1.54, 1.807) is 6.07 Å². The lowest BCUT2D eigenvalue weighted by Crippen LogP contribution is -2.23. The minimum Gasteiger partial charge on any atom is -0.378 e. The molecule has 8 heteroatoms. The lowest BCUT2D eigenvalue weighted by atomic mass is 10.1. The smallest absolute Gasteiger partial charge is 0.270 e. The number of nitrogens with one attached hydrogen (secondary N) is 1. The Hall–Kier alpha value is -0.630. The lowest BCUT2D eigenvalue weighted by molar-refractivity contribution is -0.121. The first kappa shape index (κ1) is 15.8. The van der Waals surface area contributed by atoms with E-state index in [1.807, 2.05) is 0 Å². The zero-order chi connectivity index (χ0) is 14.6. The molecule has 0 bridgehead atoms. The fourth-order valence-corrected chi connectivity index (χ4v) is 4.09. The SMILES string of the molecule is O=C(CCC1CCCO1)NCc1ccc(S(=O)(=O)Cl)s1. The van der Waals surface area contributed by atoms with E-state index in [2.05, 4.69) is 5.32 Å². The summed E-state index contributed by atoms with van der Waals surface area (Å²) in [6, 6.07) is 3.10. The topological polar surface area (TPSA) is 72.5 Å². The first-order valence-corrected chi connectivity index (χ1v) is 9.49. The van der Waals surface area contributed by atoms with Gasteiger partial charge in [0, 0.05) is 28.6 Å². The van der Waals surface area contributed by atoms with Crippen LogP contribution in [0.2, 0.25) is 0 Å². The van der Waals surface area contributed by atoms with Gasteiger partial charge in [-0.15, -0.1) is 11.3 Å². The van der Waals surface area contributed by atoms with Gasteiger partial charge in [-0.1, -0.05) is 0 Å². The van der Waals surface area contributed by atoms with Crippen molar-refractivity contribution < 1.29 is 17.9 Å². The lowest BCUT2D eigenvalue weighted by Gasteiger charge is -2.08. The Balaban J connectivity index is 1.74. The highest BCUT2D eigenvalue weighted by molar-refractivity contribution is 8.15. The van der Waals surface area contributed by atoms with Crippen molar-refractivity contribution in [1.82, 2.24) is 5.32 Å². The number of carbonyl (C=O) groups excluding carboxylic acids is 1. The van der Waals surface area contributed by atoms with Crippen LogP contribution in [-0.4, -0.2) is 27.0 Å². The summed E-state index contributed by atoms with van der Waals surface area (Å²) < 4.78 is 27.8. The average molecular weight is 338 g/mol. The molecular weight excluding hydrogens is 322 g/mol. The summed E-state index contributed by atoms with van der Waals surface area (Å²) >= 11 is 1.07. The van der Waals surface area contributed by atoms with Gasteiger partial charge < -0.3 is 10.1 Å². The molecule has 1 aromatic rings. The van der Waals surface area contributed by atoms with Crippen LogP contribution in [0.3, 0.4) is 0 Å². The van der Waals surface area contributed by atoms with Gasteiger partial charge in [-0.05, 0) is 31.4 Å². The summed E-state index contributed by atoms with van der Waals surface area (Å²) in [4.78, 5) is 12.4. The third-order valence-electron chi connectivity index (χ3n) is 3.05. The highest BCUT2D eigenvalue weighted by Gasteiger charge is 2.17. The molecule has 0 aliphatic carbocycles. The summed E-state index contributed by atoms with van der Waals surface area (Å²) in [5.41, 5.74) is 0. The molecule has 1 aliphatic rings. The Bertz CT molecular complexity index is 564. The Morgan fingerprint density at radius 1 is 1.50 bits per heavy atom. The molecule has 1 N–H and O–H groups in total. The van der Waals surface area contributed by atoms with Gasteiger partial charge in [0.15, 0.2) is 0 Å². The van der Waals surface area contributed by atoms with Crippen molar-refractivity contribution in [2.75, 3.05) is 6.61 Å². The predicted molar refractivity (Wildman–Crippen MR) is 77.4 cm³/mol. The van der Waals surface area contributed by atoms with E-state index in [1.165, 1.54) is 6.07 Å². The average Bonchev–Trinajstić information content (AvgIpc) is 3.04. The number of carbonyl (C=O) groups is 1. The predicted octanol–water partition coefficient (Wildman–Crippen LogP) is 2.25. The maximum atomic E-state index is 11.7. The number of hydrogen-bond donors (Lipinski definition) is 1. The maximum absolute atomic E-state index is 11.7. The van der Waals surface area contributed by atoms with E-state index in [0.29, 0.717) is 13.0 Å². The number of rotatable bonds is 6. The molecule has 2 heterocycles. The first-order chi connectivity index (χ1) is 9.45. The van der Waals surface area contributed by atoms with Crippen LogP contribution in [0.5, 0.6) is 0 Å². The van der Waals surface area contributed by atoms with Gasteiger partial charge in [0.1, 0.15) is 4.21 Å². The molecule has 0 saturated carbocycles. The molecule has 112 valence electrons. The van der Waals surface area contributed by atoms with E-state index >= 15 is 0 Å². The summed E-state index contributed by atoms with van der Waals surface area (Å²) in [7, 11) is 1.56. The summed E-state index contributed by atoms with van der Waals surface area (Å²) in [5.74, 6) is -0.0517. The minimum atomic E-state index is -3.68. The van der Waals surface area contributed by atoms with Crippen molar-refractivity contribution in [3.05, 3.63) is 17.0 Å². The molecule has 1 aliphatic heterocycles. The van der Waals surface area contributed by atoms with Crippen molar-refractivity contribution in [2.45, 2.75) is 42.5 Å². The van der Waals surface area contributed by atoms with E-state index < -0.39 is 9.05 Å². The summed E-state index contributed by atoms with van der Waals surface area (Å²) in [6.07, 6.45) is 3.45. The van der Waals surface area contributed by atoms with Crippen molar-refractivity contribution in [3.63, 3.8) is 0 Å². The molecule has 20 heavy (non-hydrogen) atoms. The molecule has 0 radical (unpaired) electrons. The van der Waals surface area contributed by atoms with Crippen LogP contribution in [0.25, 0.3) is 0 Å². The molecule has 2 rings (SSSR count). The second kappa shape index (κ2) is 6.89. The molecular formula is C12H16ClNO4S2. The number of hydrogen-bond acceptors (Lipinski definition) is 5. The van der Waals surface area contributed by atoms with Crippen molar-refractivity contribution in [3.8, 4) is 0 Å². The minimum absolute atomic E-state index is 0.0517. The third kappa shape index (κ3) is 4.73. The van der Waals surface area contributed by atoms with Crippen molar-refractivity contribution in [2.24, 2.45) is 0 Å². The van der Waals surface area contributed by atoms with Crippen LogP contribution in [0.4, 0.5) is 0 Å². The number of halogens is 1. The van der Waals surface area contributed by atoms with Gasteiger partial charge in [-0.2, -0.15) is 0 Å². The monoisotopic (exact) mass is 337 g/mol. The molecule has 0 spiro atoms. The second-order valence-corrected chi connectivity index (χ2v) is 8.57. The van der Waals surface area contributed by atoms with E-state index in [-0.39, 0.29) is 16.2 Å². The van der Waals surface area contributed by atoms with E-state index in [4.69, 9.17) is 15.4 Å². The van der Waals surface area contributed by atoms with E-state index in [9.17, 15) is 13.2 Å². The van der Waals surface area contributed by atoms with Crippen molar-refractivity contribution >= 4 is 37.0 Å². The number of thiophene rings is 1. The number of ether oxygens (including phenoxy) is 1. The van der Waals surface area contributed by atoms with Gasteiger partial charge in [-0.3, -0.25) is 4.79 Å². The van der Waals surface area contributed by atoms with Crippen LogP contribution in [0, 0.1) is 0 Å². The van der Waals surface area contributed by atoms with Crippen molar-refractivity contribution in [1.29, 1.82) is 0 Å². The summed E-state index contributed by atoms with van der Waals surface area (Å²) in [5, 5.41) is 2.77. The molecule has 5 nitrogen and oxygen atoms in total. The zero-order valence-corrected chi connectivity index (χ0v) is 13.2. The zero-order valence-electron chi connectivity index (χ0n) is 10.8. The number of amides is 1. The molecule has 1 atom stereocenters. The highest BCUT2D eigenvalue weighted by atomic mass is 35.7. The van der Waals surface area contributed by atoms with Gasteiger partial charge in [-0.25, -0.2) is 8.42 Å².